The van der Waals surface area contributed by atoms with Gasteiger partial charge >= 0.3 is 6.01 Å². The van der Waals surface area contributed by atoms with Crippen LogP contribution in [0.25, 0.3) is 11.3 Å². The summed E-state index contributed by atoms with van der Waals surface area (Å²) in [5.74, 6) is 0.673. The number of hydrogen-bond acceptors (Lipinski definition) is 3. The Kier molecular flexibility index (Phi) is 4.15. The number of hydrogen-bond donors (Lipinski definition) is 0. The number of methoxy groups -OCH3 is 1. The van der Waals surface area contributed by atoms with Crippen molar-refractivity contribution in [2.24, 2.45) is 5.92 Å². The number of rotatable bonds is 4. The molecule has 0 amide bonds. The Bertz CT molecular complexity index is 547. The zero-order valence-electron chi connectivity index (χ0n) is 12.0. The Hall–Kier alpha value is -1.90. The molecule has 0 aliphatic heterocycles. The maximum atomic E-state index is 5.11. The molecule has 0 spiro atoms. The predicted octanol–water partition coefficient (Wildman–Crippen LogP) is 3.66. The molecule has 19 heavy (non-hydrogen) atoms. The molecule has 0 bridgehead atoms. The quantitative estimate of drug-likeness (QED) is 0.837. The zero-order chi connectivity index (χ0) is 13.8. The van der Waals surface area contributed by atoms with Crippen LogP contribution in [-0.2, 0) is 6.42 Å². The van der Waals surface area contributed by atoms with Crippen molar-refractivity contribution in [1.82, 2.24) is 9.97 Å². The van der Waals surface area contributed by atoms with Gasteiger partial charge in [0, 0.05) is 11.3 Å². The van der Waals surface area contributed by atoms with Crippen molar-refractivity contribution in [2.45, 2.75) is 27.2 Å². The number of nitrogens with zero attached hydrogens (tertiary/aromatic N) is 2. The van der Waals surface area contributed by atoms with E-state index in [4.69, 9.17) is 4.74 Å². The van der Waals surface area contributed by atoms with E-state index in [0.717, 1.165) is 23.4 Å². The molecule has 2 aromatic rings. The molecule has 0 unspecified atom stereocenters. The summed E-state index contributed by atoms with van der Waals surface area (Å²) in [6, 6.07) is 10.9. The maximum absolute atomic E-state index is 5.11. The molecule has 3 nitrogen and oxygen atoms in total. The summed E-state index contributed by atoms with van der Waals surface area (Å²) in [6.07, 6.45) is 1.10. The monoisotopic (exact) mass is 256 g/mol. The molecule has 0 aliphatic carbocycles. The van der Waals surface area contributed by atoms with Gasteiger partial charge in [-0.15, -0.1) is 0 Å². The van der Waals surface area contributed by atoms with Crippen LogP contribution in [0.5, 0.6) is 6.01 Å². The molecule has 2 rings (SSSR count). The summed E-state index contributed by atoms with van der Waals surface area (Å²) in [5, 5.41) is 0. The van der Waals surface area contributed by atoms with Gasteiger partial charge in [-0.2, -0.15) is 4.98 Å². The molecule has 1 heterocycles. The minimum Gasteiger partial charge on any atom is -0.467 e. The minimum atomic E-state index is 0.418. The third kappa shape index (κ3) is 3.53. The summed E-state index contributed by atoms with van der Waals surface area (Å²) >= 11 is 0. The summed E-state index contributed by atoms with van der Waals surface area (Å²) in [6.45, 7) is 6.40. The van der Waals surface area contributed by atoms with E-state index in [-0.39, 0.29) is 0 Å². The topological polar surface area (TPSA) is 35.0 Å². The highest BCUT2D eigenvalue weighted by Gasteiger charge is 2.05. The normalized spacial score (nSPS) is 10.8. The van der Waals surface area contributed by atoms with Crippen LogP contribution in [0.2, 0.25) is 0 Å². The Morgan fingerprint density at radius 2 is 1.79 bits per heavy atom. The third-order valence-corrected chi connectivity index (χ3v) is 2.91. The lowest BCUT2D eigenvalue weighted by Gasteiger charge is -2.07. The second kappa shape index (κ2) is 5.83. The lowest BCUT2D eigenvalue weighted by Crippen LogP contribution is -1.97. The zero-order valence-corrected chi connectivity index (χ0v) is 12.0. The van der Waals surface area contributed by atoms with Crippen molar-refractivity contribution in [2.75, 3.05) is 7.11 Å². The van der Waals surface area contributed by atoms with Crippen molar-refractivity contribution >= 4 is 0 Å². The van der Waals surface area contributed by atoms with Gasteiger partial charge in [-0.3, -0.25) is 0 Å². The fraction of sp³-hybridized carbons (Fsp3) is 0.375. The third-order valence-electron chi connectivity index (χ3n) is 2.91. The molecule has 0 fully saturated rings. The SMILES string of the molecule is COc1nc(C)cc(-c2ccc(CC(C)C)cc2)n1. The molecule has 3 heteroatoms. The molecule has 100 valence electrons. The standard InChI is InChI=1S/C16H20N2O/c1-11(2)9-13-5-7-14(8-6-13)15-10-12(3)17-16(18-15)19-4/h5-8,10-11H,9H2,1-4H3. The molecule has 0 N–H and O–H groups in total. The molecule has 0 atom stereocenters. The van der Waals surface area contributed by atoms with Crippen molar-refractivity contribution in [3.05, 3.63) is 41.6 Å². The molecule has 0 aliphatic rings. The van der Waals surface area contributed by atoms with Gasteiger partial charge in [0.2, 0.25) is 0 Å². The van der Waals surface area contributed by atoms with Crippen molar-refractivity contribution in [3.8, 4) is 17.3 Å². The van der Waals surface area contributed by atoms with Crippen molar-refractivity contribution in [1.29, 1.82) is 0 Å². The molecule has 1 aromatic carbocycles. The van der Waals surface area contributed by atoms with Gasteiger partial charge < -0.3 is 4.74 Å². The van der Waals surface area contributed by atoms with E-state index in [1.54, 1.807) is 7.11 Å². The highest BCUT2D eigenvalue weighted by atomic mass is 16.5. The number of benzene rings is 1. The molecule has 0 saturated carbocycles. The average molecular weight is 256 g/mol. The van der Waals surface area contributed by atoms with Gasteiger partial charge in [-0.1, -0.05) is 38.1 Å². The molecule has 0 radical (unpaired) electrons. The smallest absolute Gasteiger partial charge is 0.316 e. The molecular weight excluding hydrogens is 236 g/mol. The molecule has 0 saturated heterocycles. The predicted molar refractivity (Wildman–Crippen MR) is 77.3 cm³/mol. The Labute approximate surface area is 114 Å². The summed E-state index contributed by atoms with van der Waals surface area (Å²) in [5.41, 5.74) is 4.27. The van der Waals surface area contributed by atoms with Gasteiger partial charge in [0.1, 0.15) is 0 Å². The van der Waals surface area contributed by atoms with Crippen LogP contribution in [0.15, 0.2) is 30.3 Å². The first-order valence-electron chi connectivity index (χ1n) is 6.57. The van der Waals surface area contributed by atoms with Gasteiger partial charge in [0.25, 0.3) is 0 Å². The highest BCUT2D eigenvalue weighted by Crippen LogP contribution is 2.21. The van der Waals surface area contributed by atoms with E-state index in [0.29, 0.717) is 11.9 Å². The molecular formula is C16H20N2O. The average Bonchev–Trinajstić information content (AvgIpc) is 2.38. The Morgan fingerprint density at radius 3 is 2.37 bits per heavy atom. The minimum absolute atomic E-state index is 0.418. The summed E-state index contributed by atoms with van der Waals surface area (Å²) in [7, 11) is 1.59. The summed E-state index contributed by atoms with van der Waals surface area (Å²) in [4.78, 5) is 8.58. The van der Waals surface area contributed by atoms with Crippen LogP contribution in [-0.4, -0.2) is 17.1 Å². The van der Waals surface area contributed by atoms with E-state index in [9.17, 15) is 0 Å². The van der Waals surface area contributed by atoms with Gasteiger partial charge in [0.15, 0.2) is 0 Å². The van der Waals surface area contributed by atoms with Gasteiger partial charge in [-0.25, -0.2) is 4.98 Å². The van der Waals surface area contributed by atoms with Gasteiger partial charge in [-0.05, 0) is 30.9 Å². The lowest BCUT2D eigenvalue weighted by atomic mass is 10.0. The van der Waals surface area contributed by atoms with Gasteiger partial charge in [0.05, 0.1) is 12.8 Å². The maximum Gasteiger partial charge on any atom is 0.316 e. The lowest BCUT2D eigenvalue weighted by molar-refractivity contribution is 0.379. The number of aryl methyl sites for hydroxylation is 1. The van der Waals surface area contributed by atoms with E-state index < -0.39 is 0 Å². The van der Waals surface area contributed by atoms with Crippen LogP contribution in [0.4, 0.5) is 0 Å². The highest BCUT2D eigenvalue weighted by molar-refractivity contribution is 5.60. The van der Waals surface area contributed by atoms with E-state index in [1.807, 2.05) is 13.0 Å². The number of aromatic nitrogens is 2. The Balaban J connectivity index is 2.29. The van der Waals surface area contributed by atoms with Crippen molar-refractivity contribution < 1.29 is 4.74 Å². The van der Waals surface area contributed by atoms with E-state index in [2.05, 4.69) is 48.1 Å². The van der Waals surface area contributed by atoms with Crippen LogP contribution < -0.4 is 4.74 Å². The molecule has 1 aromatic heterocycles. The fourth-order valence-corrected chi connectivity index (χ4v) is 2.06. The van der Waals surface area contributed by atoms with Crippen LogP contribution >= 0.6 is 0 Å². The van der Waals surface area contributed by atoms with E-state index in [1.165, 1.54) is 5.56 Å². The fourth-order valence-electron chi connectivity index (χ4n) is 2.06. The van der Waals surface area contributed by atoms with E-state index >= 15 is 0 Å². The van der Waals surface area contributed by atoms with Crippen LogP contribution in [0.3, 0.4) is 0 Å². The van der Waals surface area contributed by atoms with Crippen molar-refractivity contribution in [3.63, 3.8) is 0 Å². The summed E-state index contributed by atoms with van der Waals surface area (Å²) < 4.78 is 5.11. The Morgan fingerprint density at radius 1 is 1.11 bits per heavy atom. The first kappa shape index (κ1) is 13.5. The largest absolute Gasteiger partial charge is 0.467 e. The second-order valence-corrected chi connectivity index (χ2v) is 5.18. The second-order valence-electron chi connectivity index (χ2n) is 5.18. The first-order valence-corrected chi connectivity index (χ1v) is 6.57. The van der Waals surface area contributed by atoms with Crippen LogP contribution in [0, 0.1) is 12.8 Å². The number of ether oxygens (including phenoxy) is 1. The van der Waals surface area contributed by atoms with Crippen LogP contribution in [0.1, 0.15) is 25.1 Å². The first-order chi connectivity index (χ1) is 9.08.